The van der Waals surface area contributed by atoms with E-state index in [4.69, 9.17) is 4.74 Å². The van der Waals surface area contributed by atoms with Crippen molar-refractivity contribution in [3.8, 4) is 5.88 Å². The fraction of sp³-hybridized carbons (Fsp3) is 0.235. The minimum Gasteiger partial charge on any atom is -0.477 e. The van der Waals surface area contributed by atoms with Crippen LogP contribution in [0.2, 0.25) is 0 Å². The molecule has 1 N–H and O–H groups in total. The van der Waals surface area contributed by atoms with Gasteiger partial charge in [0.15, 0.2) is 0 Å². The Morgan fingerprint density at radius 1 is 1.19 bits per heavy atom. The average Bonchev–Trinajstić information content (AvgIpc) is 2.52. The third-order valence-electron chi connectivity index (χ3n) is 2.94. The number of benzene rings is 1. The Morgan fingerprint density at radius 2 is 1.90 bits per heavy atom. The minimum absolute atomic E-state index is 0.704. The molecule has 110 valence electrons. The molecule has 1 aromatic carbocycles. The van der Waals surface area contributed by atoms with Crippen LogP contribution in [0.5, 0.6) is 5.88 Å². The summed E-state index contributed by atoms with van der Waals surface area (Å²) in [5.74, 6) is 0.716. The maximum Gasteiger partial charge on any atom is 0.227 e. The van der Waals surface area contributed by atoms with E-state index in [0.29, 0.717) is 12.5 Å². The summed E-state index contributed by atoms with van der Waals surface area (Å²) in [6, 6.07) is 10.4. The zero-order chi connectivity index (χ0) is 15.1. The number of rotatable bonds is 6. The largest absolute Gasteiger partial charge is 0.477 e. The Hall–Kier alpha value is -1.56. The van der Waals surface area contributed by atoms with Gasteiger partial charge in [0.05, 0.1) is 10.2 Å². The van der Waals surface area contributed by atoms with Gasteiger partial charge < -0.3 is 10.1 Å². The van der Waals surface area contributed by atoms with Crippen LogP contribution >= 0.6 is 22.6 Å². The van der Waals surface area contributed by atoms with E-state index < -0.39 is 0 Å². The number of nitrogens with one attached hydrogen (secondary N) is 1. The molecule has 1 aromatic heterocycles. The van der Waals surface area contributed by atoms with Gasteiger partial charge >= 0.3 is 0 Å². The summed E-state index contributed by atoms with van der Waals surface area (Å²) in [5, 5.41) is 3.11. The summed E-state index contributed by atoms with van der Waals surface area (Å²) in [6.07, 6.45) is 6.97. The smallest absolute Gasteiger partial charge is 0.227 e. The van der Waals surface area contributed by atoms with Crippen LogP contribution in [0.1, 0.15) is 24.5 Å². The van der Waals surface area contributed by atoms with Crippen molar-refractivity contribution in [3.05, 3.63) is 51.2 Å². The number of pyridine rings is 1. The van der Waals surface area contributed by atoms with Gasteiger partial charge in [0.25, 0.3) is 0 Å². The normalized spacial score (nSPS) is 10.8. The van der Waals surface area contributed by atoms with Crippen LogP contribution in [0.25, 0.3) is 12.2 Å². The minimum atomic E-state index is 0.704. The number of hydrogen-bond acceptors (Lipinski definition) is 3. The highest BCUT2D eigenvalue weighted by atomic mass is 123. The second-order valence-corrected chi connectivity index (χ2v) is 5.77. The van der Waals surface area contributed by atoms with Gasteiger partial charge in [-0.15, -0.1) is 0 Å². The van der Waals surface area contributed by atoms with E-state index in [1.54, 1.807) is 0 Å². The lowest BCUT2D eigenvalue weighted by molar-refractivity contribution is 0.303. The highest BCUT2D eigenvalue weighted by Crippen LogP contribution is 2.20. The first kappa shape index (κ1) is 15.8. The number of anilines is 1. The van der Waals surface area contributed by atoms with E-state index in [0.717, 1.165) is 26.8 Å². The molecule has 0 radical (unpaired) electrons. The predicted octanol–water partition coefficient (Wildman–Crippen LogP) is 4.69. The quantitative estimate of drug-likeness (QED) is 0.727. The lowest BCUT2D eigenvalue weighted by Crippen LogP contribution is -1.99. The first-order valence-corrected chi connectivity index (χ1v) is 8.05. The van der Waals surface area contributed by atoms with Crippen molar-refractivity contribution in [2.75, 3.05) is 19.0 Å². The Balaban J connectivity index is 2.07. The third kappa shape index (κ3) is 4.74. The molecule has 2 rings (SSSR count). The van der Waals surface area contributed by atoms with Crippen molar-refractivity contribution in [3.63, 3.8) is 0 Å². The molecule has 3 nitrogen and oxygen atoms in total. The monoisotopic (exact) mass is 390 g/mol. The van der Waals surface area contributed by atoms with E-state index in [-0.39, 0.29) is 0 Å². The van der Waals surface area contributed by atoms with Crippen LogP contribution in [-0.2, 0) is 0 Å². The lowest BCUT2D eigenvalue weighted by Gasteiger charge is -2.06. The van der Waals surface area contributed by atoms with Gasteiger partial charge in [-0.05, 0) is 58.3 Å². The molecule has 0 aliphatic heterocycles. The van der Waals surface area contributed by atoms with Gasteiger partial charge in [-0.1, -0.05) is 31.2 Å². The van der Waals surface area contributed by atoms with Crippen molar-refractivity contribution in [1.82, 2.24) is 4.98 Å². The molecular weight excluding hydrogens is 371 g/mol. The summed E-state index contributed by atoms with van der Waals surface area (Å²) in [5.41, 5.74) is 3.34. The molecule has 0 atom stereocenters. The number of aromatic nitrogens is 1. The van der Waals surface area contributed by atoms with Crippen LogP contribution in [0, 0.1) is 3.57 Å². The Morgan fingerprint density at radius 3 is 2.52 bits per heavy atom. The number of ether oxygens (including phenoxy) is 1. The molecule has 0 bridgehead atoms. The Kier molecular flexibility index (Phi) is 6.04. The van der Waals surface area contributed by atoms with Crippen molar-refractivity contribution < 1.29 is 4.74 Å². The number of halogens is 1. The van der Waals surface area contributed by atoms with Crippen molar-refractivity contribution in [2.24, 2.45) is 0 Å². The van der Waals surface area contributed by atoms with Crippen LogP contribution in [0.4, 0.5) is 5.69 Å². The van der Waals surface area contributed by atoms with Crippen molar-refractivity contribution in [1.29, 1.82) is 0 Å². The summed E-state index contributed by atoms with van der Waals surface area (Å²) >= 11 is 2.26. The summed E-state index contributed by atoms with van der Waals surface area (Å²) in [6.45, 7) is 2.79. The van der Waals surface area contributed by atoms with Gasteiger partial charge in [-0.25, -0.2) is 4.98 Å². The van der Waals surface area contributed by atoms with E-state index in [9.17, 15) is 0 Å². The predicted molar refractivity (Wildman–Crippen MR) is 97.7 cm³/mol. The van der Waals surface area contributed by atoms with Crippen LogP contribution in [0.15, 0.2) is 36.5 Å². The van der Waals surface area contributed by atoms with E-state index >= 15 is 0 Å². The highest BCUT2D eigenvalue weighted by Gasteiger charge is 2.02. The zero-order valence-corrected chi connectivity index (χ0v) is 14.4. The molecule has 0 aliphatic rings. The average molecular weight is 390 g/mol. The molecule has 1 heterocycles. The molecule has 0 saturated carbocycles. The summed E-state index contributed by atoms with van der Waals surface area (Å²) < 4.78 is 6.62. The standard InChI is InChI=1S/C17H19IN2O/c1-3-10-21-17-16(18)11-14(12-20-17)5-4-13-6-8-15(19-2)9-7-13/h4-9,11-12,19H,3,10H2,1-2H3/b5-4+/i18-4. The van der Waals surface area contributed by atoms with Crippen LogP contribution < -0.4 is 10.1 Å². The van der Waals surface area contributed by atoms with E-state index in [2.05, 4.69) is 82.3 Å². The van der Waals surface area contributed by atoms with Crippen LogP contribution in [-0.4, -0.2) is 18.6 Å². The second kappa shape index (κ2) is 8.02. The molecular formula is C17H19IN2O. The summed E-state index contributed by atoms with van der Waals surface area (Å²) in [4.78, 5) is 4.36. The maximum absolute atomic E-state index is 5.58. The van der Waals surface area contributed by atoms with Gasteiger partial charge in [-0.3, -0.25) is 0 Å². The third-order valence-corrected chi connectivity index (χ3v) is 3.71. The second-order valence-electron chi connectivity index (χ2n) is 4.61. The first-order chi connectivity index (χ1) is 10.2. The zero-order valence-electron chi connectivity index (χ0n) is 12.3. The lowest BCUT2D eigenvalue weighted by atomic mass is 10.1. The SMILES string of the molecule is CCCOc1ncc(/C=C/c2ccc(NC)cc2)cc1[123I]. The molecule has 2 aromatic rings. The molecule has 0 unspecified atom stereocenters. The van der Waals surface area contributed by atoms with Crippen LogP contribution in [0.3, 0.4) is 0 Å². The molecule has 0 spiro atoms. The van der Waals surface area contributed by atoms with Gasteiger partial charge in [0.1, 0.15) is 0 Å². The van der Waals surface area contributed by atoms with Crippen molar-refractivity contribution >= 4 is 40.4 Å². The fourth-order valence-electron chi connectivity index (χ4n) is 1.79. The number of nitrogens with zero attached hydrogens (tertiary/aromatic N) is 1. The highest BCUT2D eigenvalue weighted by molar-refractivity contribution is 14.1. The molecule has 0 saturated heterocycles. The molecule has 21 heavy (non-hydrogen) atoms. The van der Waals surface area contributed by atoms with Gasteiger partial charge in [-0.2, -0.15) is 0 Å². The maximum atomic E-state index is 5.58. The first-order valence-electron chi connectivity index (χ1n) is 6.97. The van der Waals surface area contributed by atoms with E-state index in [1.807, 2.05) is 13.2 Å². The topological polar surface area (TPSA) is 34.1 Å². The molecule has 0 fully saturated rings. The Bertz CT molecular complexity index is 609. The van der Waals surface area contributed by atoms with Gasteiger partial charge in [0, 0.05) is 18.9 Å². The molecule has 4 heteroatoms. The molecule has 0 aliphatic carbocycles. The fourth-order valence-corrected chi connectivity index (χ4v) is 2.44. The Labute approximate surface area is 139 Å². The number of hydrogen-bond donors (Lipinski definition) is 1. The van der Waals surface area contributed by atoms with Crippen molar-refractivity contribution in [2.45, 2.75) is 13.3 Å². The van der Waals surface area contributed by atoms with E-state index in [1.165, 1.54) is 0 Å². The van der Waals surface area contributed by atoms with Gasteiger partial charge in [0.2, 0.25) is 5.88 Å². The molecule has 0 amide bonds. The summed E-state index contributed by atoms with van der Waals surface area (Å²) in [7, 11) is 1.92.